The largest absolute Gasteiger partial charge is 0.314 e. The third kappa shape index (κ3) is 3.19. The monoisotopic (exact) mass is 300 g/mol. The highest BCUT2D eigenvalue weighted by Crippen LogP contribution is 2.24. The third-order valence-corrected chi connectivity index (χ3v) is 5.63. The van der Waals surface area contributed by atoms with Crippen molar-refractivity contribution in [1.29, 1.82) is 0 Å². The minimum absolute atomic E-state index is 0.0339. The molecule has 1 aromatic rings. The van der Waals surface area contributed by atoms with Crippen LogP contribution in [0, 0.1) is 11.7 Å². The second-order valence-corrected chi connectivity index (χ2v) is 7.19. The summed E-state index contributed by atoms with van der Waals surface area (Å²) < 4.78 is 39.6. The topological polar surface area (TPSA) is 49.4 Å². The van der Waals surface area contributed by atoms with Gasteiger partial charge >= 0.3 is 0 Å². The lowest BCUT2D eigenvalue weighted by Crippen LogP contribution is -2.49. The van der Waals surface area contributed by atoms with Gasteiger partial charge in [0.05, 0.1) is 4.90 Å². The number of hydrogen-bond acceptors (Lipinski definition) is 3. The number of nitrogens with one attached hydrogen (secondary N) is 1. The third-order valence-electron chi connectivity index (χ3n) is 3.77. The van der Waals surface area contributed by atoms with Gasteiger partial charge in [0.1, 0.15) is 5.82 Å². The number of nitrogens with zero attached hydrogens (tertiary/aromatic N) is 1. The van der Waals surface area contributed by atoms with Crippen LogP contribution < -0.4 is 5.32 Å². The fourth-order valence-corrected chi connectivity index (χ4v) is 4.25. The van der Waals surface area contributed by atoms with Crippen LogP contribution in [0.2, 0.25) is 0 Å². The van der Waals surface area contributed by atoms with Crippen molar-refractivity contribution in [3.8, 4) is 0 Å². The SMILES string of the molecule is CCNC1CCN(S(=O)(=O)c2cccc(F)c2)CC1C. The molecule has 2 atom stereocenters. The Bertz CT molecular complexity index is 562. The van der Waals surface area contributed by atoms with E-state index in [-0.39, 0.29) is 10.8 Å². The molecule has 2 rings (SSSR count). The molecule has 1 fully saturated rings. The molecule has 20 heavy (non-hydrogen) atoms. The molecule has 1 saturated heterocycles. The molecule has 1 heterocycles. The Morgan fingerprint density at radius 3 is 2.80 bits per heavy atom. The minimum atomic E-state index is -3.59. The number of sulfonamides is 1. The first-order valence-corrected chi connectivity index (χ1v) is 8.38. The molecule has 2 unspecified atom stereocenters. The summed E-state index contributed by atoms with van der Waals surface area (Å²) in [5.74, 6) is -0.284. The quantitative estimate of drug-likeness (QED) is 0.923. The first-order valence-electron chi connectivity index (χ1n) is 6.94. The molecule has 0 amide bonds. The van der Waals surface area contributed by atoms with Gasteiger partial charge in [0.15, 0.2) is 0 Å². The first-order chi connectivity index (χ1) is 9.45. The zero-order valence-corrected chi connectivity index (χ0v) is 12.7. The Hall–Kier alpha value is -0.980. The van der Waals surface area contributed by atoms with Crippen LogP contribution in [0.1, 0.15) is 20.3 Å². The summed E-state index contributed by atoms with van der Waals surface area (Å²) >= 11 is 0. The normalized spacial score (nSPS) is 24.8. The van der Waals surface area contributed by atoms with Gasteiger partial charge in [0, 0.05) is 19.1 Å². The summed E-state index contributed by atoms with van der Waals surface area (Å²) in [5.41, 5.74) is 0. The summed E-state index contributed by atoms with van der Waals surface area (Å²) in [4.78, 5) is 0.0339. The summed E-state index contributed by atoms with van der Waals surface area (Å²) in [6.45, 7) is 5.91. The van der Waals surface area contributed by atoms with Gasteiger partial charge in [-0.2, -0.15) is 4.31 Å². The van der Waals surface area contributed by atoms with Crippen LogP contribution >= 0.6 is 0 Å². The van der Waals surface area contributed by atoms with E-state index in [1.54, 1.807) is 0 Å². The molecule has 0 saturated carbocycles. The minimum Gasteiger partial charge on any atom is -0.314 e. The molecule has 4 nitrogen and oxygen atoms in total. The number of halogens is 1. The molecule has 0 radical (unpaired) electrons. The lowest BCUT2D eigenvalue weighted by molar-refractivity contribution is 0.222. The van der Waals surface area contributed by atoms with E-state index >= 15 is 0 Å². The van der Waals surface area contributed by atoms with E-state index < -0.39 is 15.8 Å². The van der Waals surface area contributed by atoms with Crippen LogP contribution in [0.5, 0.6) is 0 Å². The molecular weight excluding hydrogens is 279 g/mol. The van der Waals surface area contributed by atoms with Gasteiger partial charge in [-0.05, 0) is 37.1 Å². The molecule has 0 aromatic heterocycles. The summed E-state index contributed by atoms with van der Waals surface area (Å²) in [7, 11) is -3.59. The predicted molar refractivity (Wildman–Crippen MR) is 76.4 cm³/mol. The lowest BCUT2D eigenvalue weighted by atomic mass is 9.95. The van der Waals surface area contributed by atoms with E-state index in [2.05, 4.69) is 5.32 Å². The van der Waals surface area contributed by atoms with Crippen molar-refractivity contribution in [2.24, 2.45) is 5.92 Å². The van der Waals surface area contributed by atoms with Crippen LogP contribution in [0.3, 0.4) is 0 Å². The van der Waals surface area contributed by atoms with Crippen LogP contribution in [-0.2, 0) is 10.0 Å². The molecular formula is C14H21FN2O2S. The second kappa shape index (κ2) is 6.20. The molecule has 1 aliphatic heterocycles. The lowest BCUT2D eigenvalue weighted by Gasteiger charge is -2.36. The maximum Gasteiger partial charge on any atom is 0.243 e. The number of piperidine rings is 1. The average Bonchev–Trinajstić information content (AvgIpc) is 2.41. The highest BCUT2D eigenvalue weighted by atomic mass is 32.2. The zero-order valence-electron chi connectivity index (χ0n) is 11.8. The van der Waals surface area contributed by atoms with Gasteiger partial charge < -0.3 is 5.32 Å². The Kier molecular flexibility index (Phi) is 4.78. The number of rotatable bonds is 4. The van der Waals surface area contributed by atoms with Crippen molar-refractivity contribution in [3.05, 3.63) is 30.1 Å². The molecule has 1 N–H and O–H groups in total. The van der Waals surface area contributed by atoms with E-state index in [1.807, 2.05) is 13.8 Å². The Morgan fingerprint density at radius 2 is 2.20 bits per heavy atom. The molecule has 0 aliphatic carbocycles. The molecule has 0 spiro atoms. The van der Waals surface area contributed by atoms with Crippen molar-refractivity contribution in [2.75, 3.05) is 19.6 Å². The van der Waals surface area contributed by atoms with E-state index in [4.69, 9.17) is 0 Å². The van der Waals surface area contributed by atoms with Gasteiger partial charge in [-0.1, -0.05) is 19.9 Å². The standard InChI is InChI=1S/C14H21FN2O2S/c1-3-16-14-7-8-17(10-11(14)2)20(18,19)13-6-4-5-12(15)9-13/h4-6,9,11,14,16H,3,7-8,10H2,1-2H3. The van der Waals surface area contributed by atoms with Gasteiger partial charge in [-0.15, -0.1) is 0 Å². The van der Waals surface area contributed by atoms with Crippen molar-refractivity contribution in [3.63, 3.8) is 0 Å². The van der Waals surface area contributed by atoms with Gasteiger partial charge in [0.2, 0.25) is 10.0 Å². The van der Waals surface area contributed by atoms with E-state index in [9.17, 15) is 12.8 Å². The summed E-state index contributed by atoms with van der Waals surface area (Å²) in [6.07, 6.45) is 0.781. The predicted octanol–water partition coefficient (Wildman–Crippen LogP) is 1.83. The van der Waals surface area contributed by atoms with Crippen LogP contribution in [0.15, 0.2) is 29.2 Å². The van der Waals surface area contributed by atoms with E-state index in [1.165, 1.54) is 22.5 Å². The maximum absolute atomic E-state index is 13.2. The van der Waals surface area contributed by atoms with Crippen molar-refractivity contribution in [1.82, 2.24) is 9.62 Å². The van der Waals surface area contributed by atoms with Gasteiger partial charge in [-0.25, -0.2) is 12.8 Å². The number of hydrogen-bond donors (Lipinski definition) is 1. The highest BCUT2D eigenvalue weighted by molar-refractivity contribution is 7.89. The van der Waals surface area contributed by atoms with Crippen LogP contribution in [-0.4, -0.2) is 38.4 Å². The maximum atomic E-state index is 13.2. The zero-order chi connectivity index (χ0) is 14.8. The Morgan fingerprint density at radius 1 is 1.45 bits per heavy atom. The number of benzene rings is 1. The highest BCUT2D eigenvalue weighted by Gasteiger charge is 2.33. The van der Waals surface area contributed by atoms with Gasteiger partial charge in [0.25, 0.3) is 0 Å². The van der Waals surface area contributed by atoms with Gasteiger partial charge in [-0.3, -0.25) is 0 Å². The molecule has 1 aliphatic rings. The summed E-state index contributed by atoms with van der Waals surface area (Å²) in [6, 6.07) is 5.55. The molecule has 6 heteroatoms. The van der Waals surface area contributed by atoms with E-state index in [0.29, 0.717) is 19.1 Å². The fourth-order valence-electron chi connectivity index (χ4n) is 2.67. The Labute approximate surface area is 120 Å². The fraction of sp³-hybridized carbons (Fsp3) is 0.571. The van der Waals surface area contributed by atoms with Crippen molar-refractivity contribution < 1.29 is 12.8 Å². The average molecular weight is 300 g/mol. The van der Waals surface area contributed by atoms with Crippen LogP contribution in [0.4, 0.5) is 4.39 Å². The molecule has 112 valence electrons. The van der Waals surface area contributed by atoms with E-state index in [0.717, 1.165) is 19.0 Å². The molecule has 1 aromatic carbocycles. The first kappa shape index (κ1) is 15.4. The second-order valence-electron chi connectivity index (χ2n) is 5.25. The van der Waals surface area contributed by atoms with Crippen molar-refractivity contribution >= 4 is 10.0 Å². The smallest absolute Gasteiger partial charge is 0.243 e. The Balaban J connectivity index is 2.16. The van der Waals surface area contributed by atoms with Crippen LogP contribution in [0.25, 0.3) is 0 Å². The van der Waals surface area contributed by atoms with Crippen molar-refractivity contribution in [2.45, 2.75) is 31.2 Å². The molecule has 0 bridgehead atoms. The summed E-state index contributed by atoms with van der Waals surface area (Å²) in [5, 5.41) is 3.37.